The van der Waals surface area contributed by atoms with Crippen LogP contribution in [0.3, 0.4) is 0 Å². The number of carbonyl (C=O) groups excluding carboxylic acids is 1. The predicted molar refractivity (Wildman–Crippen MR) is 154 cm³/mol. The van der Waals surface area contributed by atoms with Crippen LogP contribution in [0.25, 0.3) is 11.0 Å². The van der Waals surface area contributed by atoms with E-state index in [2.05, 4.69) is 41.2 Å². The molecule has 4 N–H and O–H groups in total. The van der Waals surface area contributed by atoms with Crippen molar-refractivity contribution < 1.29 is 14.3 Å². The van der Waals surface area contributed by atoms with E-state index in [1.165, 1.54) is 10.5 Å². The first-order valence-corrected chi connectivity index (χ1v) is 13.8. The molecule has 0 bridgehead atoms. The van der Waals surface area contributed by atoms with Crippen molar-refractivity contribution in [3.63, 3.8) is 0 Å². The summed E-state index contributed by atoms with van der Waals surface area (Å²) >= 11 is 0. The Hall–Kier alpha value is -3.43. The van der Waals surface area contributed by atoms with Gasteiger partial charge in [0.1, 0.15) is 17.5 Å². The molecule has 9 nitrogen and oxygen atoms in total. The molecule has 0 aliphatic carbocycles. The molecule has 4 rings (SSSR count). The van der Waals surface area contributed by atoms with Crippen LogP contribution in [0.15, 0.2) is 48.5 Å². The lowest BCUT2D eigenvalue weighted by molar-refractivity contribution is -0.0264. The summed E-state index contributed by atoms with van der Waals surface area (Å²) < 4.78 is 12.1. The average Bonchev–Trinajstić information content (AvgIpc) is 3.31. The number of hydrogen-bond donors (Lipinski definition) is 3. The van der Waals surface area contributed by atoms with Crippen LogP contribution < -0.4 is 5.73 Å². The Morgan fingerprint density at radius 1 is 1.18 bits per heavy atom. The summed E-state index contributed by atoms with van der Waals surface area (Å²) in [5.74, 6) is 0.521. The van der Waals surface area contributed by atoms with E-state index in [0.717, 1.165) is 61.2 Å². The molecular formula is C30H42N6O3. The lowest BCUT2D eigenvalue weighted by Gasteiger charge is -2.31. The van der Waals surface area contributed by atoms with Crippen molar-refractivity contribution in [3.05, 3.63) is 65.5 Å². The van der Waals surface area contributed by atoms with Crippen LogP contribution in [0.2, 0.25) is 0 Å². The van der Waals surface area contributed by atoms with Crippen LogP contribution in [0, 0.1) is 5.41 Å². The van der Waals surface area contributed by atoms with Gasteiger partial charge in [-0.05, 0) is 83.2 Å². The second kappa shape index (κ2) is 12.6. The quantitative estimate of drug-likeness (QED) is 0.197. The minimum atomic E-state index is -0.642. The number of hydrogen-bond acceptors (Lipinski definition) is 6. The van der Waals surface area contributed by atoms with Gasteiger partial charge in [-0.15, -0.1) is 0 Å². The number of rotatable bonds is 9. The van der Waals surface area contributed by atoms with Crippen molar-refractivity contribution in [1.29, 1.82) is 5.41 Å². The van der Waals surface area contributed by atoms with E-state index < -0.39 is 11.7 Å². The average molecular weight is 535 g/mol. The van der Waals surface area contributed by atoms with Crippen molar-refractivity contribution in [1.82, 2.24) is 19.8 Å². The molecule has 1 amide bonds. The maximum Gasteiger partial charge on any atom is 0.417 e. The summed E-state index contributed by atoms with van der Waals surface area (Å²) in [5.41, 5.74) is 9.20. The van der Waals surface area contributed by atoms with Gasteiger partial charge in [0.05, 0.1) is 17.1 Å². The third kappa shape index (κ3) is 8.03. The second-order valence-corrected chi connectivity index (χ2v) is 11.4. The number of imidazole rings is 1. The van der Waals surface area contributed by atoms with Gasteiger partial charge in [0.15, 0.2) is 5.96 Å². The molecule has 1 aliphatic heterocycles. The van der Waals surface area contributed by atoms with Crippen LogP contribution in [0.4, 0.5) is 4.79 Å². The first-order chi connectivity index (χ1) is 18.6. The van der Waals surface area contributed by atoms with Gasteiger partial charge in [0.2, 0.25) is 0 Å². The van der Waals surface area contributed by atoms with Gasteiger partial charge < -0.3 is 25.1 Å². The zero-order chi connectivity index (χ0) is 28.0. The molecule has 210 valence electrons. The molecule has 1 unspecified atom stereocenters. The Morgan fingerprint density at radius 2 is 1.92 bits per heavy atom. The highest BCUT2D eigenvalue weighted by Gasteiger charge is 2.26. The smallest absolute Gasteiger partial charge is 0.417 e. The number of fused-ring (bicyclic) bond motifs is 1. The van der Waals surface area contributed by atoms with E-state index in [9.17, 15) is 4.79 Å². The summed E-state index contributed by atoms with van der Waals surface area (Å²) in [4.78, 5) is 24.3. The lowest BCUT2D eigenvalue weighted by Crippen LogP contribution is -2.44. The standard InChI is InChI=1S/C30H42N6O3/c1-30(2,3)39-29(37)36(28(31)32)17-8-7-10-21-11-9-12-22(20-21)26(38-23-15-18-35(4)19-16-23)27-33-24-13-5-6-14-25(24)34-27/h5-6,9,11-14,20,23,26H,7-8,10,15-19H2,1-4H3,(H3,31,32)(H,33,34). The number of carbonyl (C=O) groups is 1. The number of nitrogens with one attached hydrogen (secondary N) is 2. The molecule has 3 aromatic rings. The Kier molecular flexibility index (Phi) is 9.24. The largest absolute Gasteiger partial charge is 0.443 e. The van der Waals surface area contributed by atoms with E-state index in [4.69, 9.17) is 25.6 Å². The van der Waals surface area contributed by atoms with Crippen LogP contribution in [-0.4, -0.2) is 70.2 Å². The molecular weight excluding hydrogens is 492 g/mol. The summed E-state index contributed by atoms with van der Waals surface area (Å²) in [6, 6.07) is 16.5. The maximum absolute atomic E-state index is 12.4. The number of benzene rings is 2. The number of ether oxygens (including phenoxy) is 2. The van der Waals surface area contributed by atoms with Gasteiger partial charge in [-0.25, -0.2) is 14.7 Å². The van der Waals surface area contributed by atoms with Gasteiger partial charge >= 0.3 is 6.09 Å². The Labute approximate surface area is 231 Å². The van der Waals surface area contributed by atoms with Crippen molar-refractivity contribution in [2.45, 2.75) is 70.7 Å². The van der Waals surface area contributed by atoms with Gasteiger partial charge in [-0.3, -0.25) is 5.41 Å². The number of amides is 1. The van der Waals surface area contributed by atoms with Crippen molar-refractivity contribution in [2.75, 3.05) is 26.7 Å². The maximum atomic E-state index is 12.4. The number of likely N-dealkylation sites (tertiary alicyclic amines) is 1. The number of aryl methyl sites for hydroxylation is 1. The molecule has 2 heterocycles. The molecule has 0 radical (unpaired) electrons. The highest BCUT2D eigenvalue weighted by atomic mass is 16.6. The first kappa shape index (κ1) is 28.6. The fraction of sp³-hybridized carbons (Fsp3) is 0.500. The number of piperidine rings is 1. The molecule has 1 aliphatic rings. The number of guanidine groups is 1. The second-order valence-electron chi connectivity index (χ2n) is 11.4. The monoisotopic (exact) mass is 534 g/mol. The summed E-state index contributed by atoms with van der Waals surface area (Å²) in [7, 11) is 2.15. The molecule has 1 aromatic heterocycles. The fourth-order valence-electron chi connectivity index (χ4n) is 4.85. The molecule has 1 atom stereocenters. The summed E-state index contributed by atoms with van der Waals surface area (Å²) in [6.07, 6.45) is 3.66. The van der Waals surface area contributed by atoms with E-state index in [1.807, 2.05) is 24.3 Å². The van der Waals surface area contributed by atoms with Crippen molar-refractivity contribution >= 4 is 23.1 Å². The summed E-state index contributed by atoms with van der Waals surface area (Å²) in [5, 5.41) is 7.78. The number of para-hydroxylation sites is 2. The van der Waals surface area contributed by atoms with Crippen LogP contribution in [0.1, 0.15) is 69.5 Å². The van der Waals surface area contributed by atoms with Gasteiger partial charge in [-0.1, -0.05) is 36.4 Å². The predicted octanol–water partition coefficient (Wildman–Crippen LogP) is 5.22. The van der Waals surface area contributed by atoms with Crippen LogP contribution in [0.5, 0.6) is 0 Å². The normalized spacial score (nSPS) is 15.8. The SMILES string of the molecule is CN1CCC(OC(c2cccc(CCCCN(C(=N)N)C(=O)OC(C)(C)C)c2)c2nc3ccccc3[nH]2)CC1. The fourth-order valence-corrected chi connectivity index (χ4v) is 4.85. The topological polar surface area (TPSA) is 121 Å². The van der Waals surface area contributed by atoms with E-state index >= 15 is 0 Å². The molecule has 2 aromatic carbocycles. The molecule has 0 saturated carbocycles. The first-order valence-electron chi connectivity index (χ1n) is 13.8. The minimum Gasteiger partial charge on any atom is -0.443 e. The van der Waals surface area contributed by atoms with E-state index in [-0.39, 0.29) is 18.2 Å². The Balaban J connectivity index is 1.44. The highest BCUT2D eigenvalue weighted by molar-refractivity contribution is 5.91. The number of aromatic amines is 1. The zero-order valence-corrected chi connectivity index (χ0v) is 23.6. The number of aromatic nitrogens is 2. The molecule has 9 heteroatoms. The molecule has 39 heavy (non-hydrogen) atoms. The number of H-pyrrole nitrogens is 1. The highest BCUT2D eigenvalue weighted by Crippen LogP contribution is 2.30. The Morgan fingerprint density at radius 3 is 2.62 bits per heavy atom. The third-order valence-electron chi connectivity index (χ3n) is 6.91. The van der Waals surface area contributed by atoms with E-state index in [1.54, 1.807) is 20.8 Å². The number of unbranched alkanes of at least 4 members (excludes halogenated alkanes) is 1. The molecule has 1 saturated heterocycles. The van der Waals surface area contributed by atoms with Gasteiger partial charge in [0, 0.05) is 19.6 Å². The number of nitrogens with two attached hydrogens (primary N) is 1. The van der Waals surface area contributed by atoms with E-state index in [0.29, 0.717) is 13.0 Å². The minimum absolute atomic E-state index is 0.175. The molecule has 1 fully saturated rings. The van der Waals surface area contributed by atoms with Gasteiger partial charge in [0.25, 0.3) is 0 Å². The van der Waals surface area contributed by atoms with Crippen LogP contribution >= 0.6 is 0 Å². The molecule has 0 spiro atoms. The Bertz CT molecular complexity index is 1230. The lowest BCUT2D eigenvalue weighted by atomic mass is 10.0. The number of nitrogens with zero attached hydrogens (tertiary/aromatic N) is 3. The van der Waals surface area contributed by atoms with Gasteiger partial charge in [-0.2, -0.15) is 0 Å². The van der Waals surface area contributed by atoms with Crippen LogP contribution in [-0.2, 0) is 15.9 Å². The third-order valence-corrected chi connectivity index (χ3v) is 6.91. The van der Waals surface area contributed by atoms with Crippen molar-refractivity contribution in [3.8, 4) is 0 Å². The van der Waals surface area contributed by atoms with Crippen molar-refractivity contribution in [2.24, 2.45) is 5.73 Å². The zero-order valence-electron chi connectivity index (χ0n) is 23.6. The summed E-state index contributed by atoms with van der Waals surface area (Å²) in [6.45, 7) is 7.78.